The van der Waals surface area contributed by atoms with E-state index in [0.717, 1.165) is 46.7 Å². The zero-order valence-corrected chi connectivity index (χ0v) is 17.2. The normalized spacial score (nSPS) is 11.0. The van der Waals surface area contributed by atoms with E-state index in [1.54, 1.807) is 18.9 Å². The lowest BCUT2D eigenvalue weighted by molar-refractivity contribution is 0.391. The maximum atomic E-state index is 5.55. The Balaban J connectivity index is 1.64. The van der Waals surface area contributed by atoms with Crippen LogP contribution in [0.5, 0.6) is 5.75 Å². The molecule has 2 aromatic carbocycles. The van der Waals surface area contributed by atoms with E-state index in [0.29, 0.717) is 5.75 Å². The van der Waals surface area contributed by atoms with Crippen LogP contribution in [0.15, 0.2) is 70.3 Å². The van der Waals surface area contributed by atoms with Crippen molar-refractivity contribution in [2.45, 2.75) is 30.8 Å². The van der Waals surface area contributed by atoms with Crippen LogP contribution in [0.2, 0.25) is 0 Å². The predicted molar refractivity (Wildman–Crippen MR) is 113 cm³/mol. The molecule has 4 rings (SSSR count). The zero-order valence-electron chi connectivity index (χ0n) is 16.4. The molecule has 0 unspecified atom stereocenters. The molecule has 0 amide bonds. The molecule has 0 atom stereocenters. The van der Waals surface area contributed by atoms with Crippen LogP contribution in [0.25, 0.3) is 11.4 Å². The monoisotopic (exact) mass is 406 g/mol. The van der Waals surface area contributed by atoms with Gasteiger partial charge in [0, 0.05) is 12.6 Å². The Labute approximate surface area is 173 Å². The minimum absolute atomic E-state index is 0.649. The molecule has 0 spiro atoms. The summed E-state index contributed by atoms with van der Waals surface area (Å²) in [6, 6.07) is 20.3. The molecule has 4 aromatic rings. The summed E-state index contributed by atoms with van der Waals surface area (Å²) in [5, 5.41) is 13.7. The van der Waals surface area contributed by atoms with E-state index in [2.05, 4.69) is 44.2 Å². The number of hydrogen-bond acceptors (Lipinski definition) is 6. The Bertz CT molecular complexity index is 1080. The fraction of sp³-hybridized carbons (Fsp3) is 0.227. The maximum absolute atomic E-state index is 5.55. The van der Waals surface area contributed by atoms with Gasteiger partial charge in [-0.2, -0.15) is 0 Å². The van der Waals surface area contributed by atoms with Gasteiger partial charge in [-0.15, -0.1) is 10.2 Å². The number of thioether (sulfide) groups is 1. The number of para-hydroxylation sites is 1. The summed E-state index contributed by atoms with van der Waals surface area (Å²) >= 11 is 1.59. The third-order valence-electron chi connectivity index (χ3n) is 4.55. The van der Waals surface area contributed by atoms with Crippen molar-refractivity contribution in [2.75, 3.05) is 7.11 Å². The van der Waals surface area contributed by atoms with Crippen molar-refractivity contribution in [3.63, 3.8) is 0 Å². The molecule has 0 saturated heterocycles. The molecule has 6 nitrogen and oxygen atoms in total. The summed E-state index contributed by atoms with van der Waals surface area (Å²) in [4.78, 5) is 0. The first-order chi connectivity index (χ1) is 14.2. The van der Waals surface area contributed by atoms with Crippen molar-refractivity contribution in [3.8, 4) is 17.1 Å². The van der Waals surface area contributed by atoms with E-state index in [4.69, 9.17) is 9.26 Å². The average molecular weight is 407 g/mol. The first-order valence-electron chi connectivity index (χ1n) is 9.40. The van der Waals surface area contributed by atoms with Gasteiger partial charge < -0.3 is 13.8 Å². The highest BCUT2D eigenvalue weighted by molar-refractivity contribution is 7.98. The number of aromatic nitrogens is 4. The molecule has 0 aliphatic carbocycles. The maximum Gasteiger partial charge on any atom is 0.191 e. The molecule has 0 N–H and O–H groups in total. The fourth-order valence-electron chi connectivity index (χ4n) is 3.13. The Hall–Kier alpha value is -3.06. The van der Waals surface area contributed by atoms with Crippen molar-refractivity contribution < 1.29 is 9.26 Å². The molecule has 2 heterocycles. The zero-order chi connectivity index (χ0) is 20.1. The largest absolute Gasteiger partial charge is 0.496 e. The van der Waals surface area contributed by atoms with E-state index >= 15 is 0 Å². The second-order valence-electron chi connectivity index (χ2n) is 6.62. The molecular weight excluding hydrogens is 384 g/mol. The Morgan fingerprint density at radius 3 is 2.59 bits per heavy atom. The second-order valence-corrected chi connectivity index (χ2v) is 7.56. The van der Waals surface area contributed by atoms with Crippen molar-refractivity contribution in [2.24, 2.45) is 0 Å². The third-order valence-corrected chi connectivity index (χ3v) is 5.54. The van der Waals surface area contributed by atoms with Gasteiger partial charge in [0.15, 0.2) is 11.0 Å². The smallest absolute Gasteiger partial charge is 0.191 e. The van der Waals surface area contributed by atoms with E-state index in [9.17, 15) is 0 Å². The van der Waals surface area contributed by atoms with Crippen LogP contribution < -0.4 is 4.74 Å². The van der Waals surface area contributed by atoms with Crippen molar-refractivity contribution >= 4 is 11.8 Å². The van der Waals surface area contributed by atoms with Gasteiger partial charge in [0.25, 0.3) is 0 Å². The fourth-order valence-corrected chi connectivity index (χ4v) is 3.97. The van der Waals surface area contributed by atoms with E-state index in [-0.39, 0.29) is 0 Å². The lowest BCUT2D eigenvalue weighted by Crippen LogP contribution is -2.06. The minimum atomic E-state index is 0.649. The Kier molecular flexibility index (Phi) is 5.95. The topological polar surface area (TPSA) is 66.0 Å². The number of aryl methyl sites for hydroxylation is 2. The van der Waals surface area contributed by atoms with Crippen molar-refractivity contribution in [1.82, 2.24) is 19.9 Å². The number of hydrogen-bond donors (Lipinski definition) is 0. The highest BCUT2D eigenvalue weighted by Crippen LogP contribution is 2.32. The van der Waals surface area contributed by atoms with Crippen LogP contribution in [0, 0.1) is 6.92 Å². The highest BCUT2D eigenvalue weighted by atomic mass is 32.2. The SMILES string of the molecule is COc1ccccc1-c1nnc(SCc2cc(C)no2)n1CCc1ccccc1. The summed E-state index contributed by atoms with van der Waals surface area (Å²) in [5.41, 5.74) is 3.08. The second kappa shape index (κ2) is 8.96. The average Bonchev–Trinajstić information content (AvgIpc) is 3.37. The lowest BCUT2D eigenvalue weighted by Gasteiger charge is -2.12. The van der Waals surface area contributed by atoms with Crippen molar-refractivity contribution in [3.05, 3.63) is 77.7 Å². The van der Waals surface area contributed by atoms with E-state index < -0.39 is 0 Å². The molecule has 2 aromatic heterocycles. The van der Waals surface area contributed by atoms with Gasteiger partial charge in [0.1, 0.15) is 11.5 Å². The summed E-state index contributed by atoms with van der Waals surface area (Å²) in [6.45, 7) is 2.68. The van der Waals surface area contributed by atoms with Gasteiger partial charge in [-0.05, 0) is 31.0 Å². The third kappa shape index (κ3) is 4.51. The van der Waals surface area contributed by atoms with Gasteiger partial charge in [0.2, 0.25) is 0 Å². The quantitative estimate of drug-likeness (QED) is 0.392. The Morgan fingerprint density at radius 1 is 1.03 bits per heavy atom. The number of benzene rings is 2. The molecule has 148 valence electrons. The van der Waals surface area contributed by atoms with Crippen LogP contribution >= 0.6 is 11.8 Å². The molecule has 0 saturated carbocycles. The van der Waals surface area contributed by atoms with Crippen LogP contribution in [0.3, 0.4) is 0 Å². The number of ether oxygens (including phenoxy) is 1. The first-order valence-corrected chi connectivity index (χ1v) is 10.4. The number of nitrogens with zero attached hydrogens (tertiary/aromatic N) is 4. The van der Waals surface area contributed by atoms with E-state index in [1.807, 2.05) is 43.3 Å². The van der Waals surface area contributed by atoms with E-state index in [1.165, 1.54) is 5.56 Å². The first kappa shape index (κ1) is 19.3. The molecule has 7 heteroatoms. The lowest BCUT2D eigenvalue weighted by atomic mass is 10.1. The van der Waals surface area contributed by atoms with Crippen molar-refractivity contribution in [1.29, 1.82) is 0 Å². The molecular formula is C22H22N4O2S. The molecule has 0 aliphatic heterocycles. The van der Waals surface area contributed by atoms with Gasteiger partial charge in [-0.3, -0.25) is 0 Å². The van der Waals surface area contributed by atoms with Gasteiger partial charge >= 0.3 is 0 Å². The van der Waals surface area contributed by atoms with Gasteiger partial charge in [0.05, 0.1) is 24.1 Å². The van der Waals surface area contributed by atoms with Crippen LogP contribution in [0.1, 0.15) is 17.0 Å². The summed E-state index contributed by atoms with van der Waals surface area (Å²) in [6.07, 6.45) is 0.885. The number of methoxy groups -OCH3 is 1. The molecule has 0 radical (unpaired) electrons. The Morgan fingerprint density at radius 2 is 1.83 bits per heavy atom. The van der Waals surface area contributed by atoms with Crippen LogP contribution in [0.4, 0.5) is 0 Å². The van der Waals surface area contributed by atoms with Crippen LogP contribution in [-0.4, -0.2) is 27.0 Å². The summed E-state index contributed by atoms with van der Waals surface area (Å²) in [5.74, 6) is 3.05. The predicted octanol–water partition coefficient (Wildman–Crippen LogP) is 4.79. The summed E-state index contributed by atoms with van der Waals surface area (Å²) in [7, 11) is 1.67. The highest BCUT2D eigenvalue weighted by Gasteiger charge is 2.18. The number of rotatable bonds is 8. The minimum Gasteiger partial charge on any atom is -0.496 e. The standard InChI is InChI=1S/C22H22N4O2S/c1-16-14-18(28-25-16)15-29-22-24-23-21(19-10-6-7-11-20(19)27-2)26(22)13-12-17-8-4-3-5-9-17/h3-11,14H,12-13,15H2,1-2H3. The van der Waals surface area contributed by atoms with Crippen LogP contribution in [-0.2, 0) is 18.7 Å². The molecule has 0 fully saturated rings. The summed E-state index contributed by atoms with van der Waals surface area (Å²) < 4.78 is 13.0. The van der Waals surface area contributed by atoms with Gasteiger partial charge in [-0.1, -0.05) is 59.4 Å². The van der Waals surface area contributed by atoms with Gasteiger partial charge in [-0.25, -0.2) is 0 Å². The molecule has 0 aliphatic rings. The molecule has 29 heavy (non-hydrogen) atoms. The molecule has 0 bridgehead atoms.